The Bertz CT molecular complexity index is 1070. The minimum atomic E-state index is -0.216. The zero-order valence-corrected chi connectivity index (χ0v) is 15.5. The molecule has 0 aliphatic rings. The Morgan fingerprint density at radius 1 is 1.30 bits per heavy atom. The number of furan rings is 1. The third-order valence-electron chi connectivity index (χ3n) is 4.82. The van der Waals surface area contributed by atoms with Crippen molar-refractivity contribution < 1.29 is 9.21 Å². The zero-order chi connectivity index (χ0) is 18.8. The third kappa shape index (κ3) is 3.51. The van der Waals surface area contributed by atoms with Gasteiger partial charge >= 0.3 is 0 Å². The maximum atomic E-state index is 12.4. The highest BCUT2D eigenvalue weighted by Gasteiger charge is 2.12. The molecule has 0 radical (unpaired) electrons. The molecule has 138 valence electrons. The van der Waals surface area contributed by atoms with Crippen molar-refractivity contribution in [1.29, 1.82) is 0 Å². The normalized spacial score (nSPS) is 11.2. The molecular weight excluding hydrogens is 340 g/mol. The van der Waals surface area contributed by atoms with E-state index < -0.39 is 0 Å². The molecule has 3 heterocycles. The van der Waals surface area contributed by atoms with Crippen molar-refractivity contribution in [3.8, 4) is 0 Å². The maximum Gasteiger partial charge on any atom is 0.287 e. The highest BCUT2D eigenvalue weighted by Crippen LogP contribution is 2.23. The smallest absolute Gasteiger partial charge is 0.287 e. The lowest BCUT2D eigenvalue weighted by Crippen LogP contribution is -2.22. The Hall–Kier alpha value is -3.28. The predicted molar refractivity (Wildman–Crippen MR) is 104 cm³/mol. The maximum absolute atomic E-state index is 12.4. The summed E-state index contributed by atoms with van der Waals surface area (Å²) in [6.07, 6.45) is 6.26. The molecule has 0 fully saturated rings. The molecule has 0 unspecified atom stereocenters. The quantitative estimate of drug-likeness (QED) is 0.548. The Morgan fingerprint density at radius 3 is 2.96 bits per heavy atom. The van der Waals surface area contributed by atoms with Crippen LogP contribution in [0, 0.1) is 6.92 Å². The first kappa shape index (κ1) is 17.1. The molecule has 0 aliphatic heterocycles. The molecule has 0 aliphatic carbocycles. The fourth-order valence-electron chi connectivity index (χ4n) is 3.31. The van der Waals surface area contributed by atoms with Crippen LogP contribution in [0.1, 0.15) is 40.1 Å². The van der Waals surface area contributed by atoms with Gasteiger partial charge in [0.15, 0.2) is 5.76 Å². The van der Waals surface area contributed by atoms with Crippen LogP contribution in [0.4, 0.5) is 0 Å². The summed E-state index contributed by atoms with van der Waals surface area (Å²) in [5, 5.41) is 4.14. The Morgan fingerprint density at radius 2 is 2.19 bits per heavy atom. The van der Waals surface area contributed by atoms with Crippen LogP contribution in [0.2, 0.25) is 0 Å². The topological polar surface area (TPSA) is 75.8 Å². The average Bonchev–Trinajstić information content (AvgIpc) is 3.41. The van der Waals surface area contributed by atoms with Gasteiger partial charge in [-0.2, -0.15) is 0 Å². The number of aryl methyl sites for hydroxylation is 2. The van der Waals surface area contributed by atoms with Crippen LogP contribution in [0.5, 0.6) is 0 Å². The third-order valence-corrected chi connectivity index (χ3v) is 4.82. The van der Waals surface area contributed by atoms with Gasteiger partial charge in [0.25, 0.3) is 5.91 Å². The van der Waals surface area contributed by atoms with E-state index in [0.717, 1.165) is 23.3 Å². The van der Waals surface area contributed by atoms with Gasteiger partial charge in [0.2, 0.25) is 0 Å². The lowest BCUT2D eigenvalue weighted by atomic mass is 10.1. The molecule has 0 atom stereocenters. The molecular formula is C21H22N4O2. The molecule has 0 saturated carbocycles. The molecule has 4 rings (SSSR count). The van der Waals surface area contributed by atoms with Crippen LogP contribution >= 0.6 is 0 Å². The number of rotatable bonds is 6. The number of H-pyrrole nitrogens is 1. The van der Waals surface area contributed by atoms with Crippen LogP contribution in [0.15, 0.2) is 53.5 Å². The molecule has 6 heteroatoms. The van der Waals surface area contributed by atoms with Gasteiger partial charge in [0.05, 0.1) is 12.9 Å². The SMILES string of the molecule is CCc1[nH]c2ccc(CNC(=O)c3ccc(Cn4ccnc4)o3)cc2c1C. The highest BCUT2D eigenvalue weighted by molar-refractivity contribution is 5.91. The summed E-state index contributed by atoms with van der Waals surface area (Å²) in [6, 6.07) is 9.75. The number of benzene rings is 1. The van der Waals surface area contributed by atoms with Gasteiger partial charge in [0.1, 0.15) is 5.76 Å². The van der Waals surface area contributed by atoms with Crippen molar-refractivity contribution in [2.75, 3.05) is 0 Å². The second kappa shape index (κ2) is 7.15. The van der Waals surface area contributed by atoms with Crippen molar-refractivity contribution in [1.82, 2.24) is 19.9 Å². The first-order valence-electron chi connectivity index (χ1n) is 9.06. The van der Waals surface area contributed by atoms with Gasteiger partial charge in [-0.1, -0.05) is 13.0 Å². The van der Waals surface area contributed by atoms with E-state index in [1.807, 2.05) is 22.9 Å². The molecule has 6 nitrogen and oxygen atoms in total. The first-order chi connectivity index (χ1) is 13.1. The standard InChI is InChI=1S/C21H22N4O2/c1-3-18-14(2)17-10-15(4-6-19(17)24-18)11-23-21(26)20-7-5-16(27-20)12-25-9-8-22-13-25/h4-10,13,24H,3,11-12H2,1-2H3,(H,23,26). The largest absolute Gasteiger partial charge is 0.454 e. The first-order valence-corrected chi connectivity index (χ1v) is 9.06. The Labute approximate surface area is 157 Å². The number of carbonyl (C=O) groups is 1. The Balaban J connectivity index is 1.42. The van der Waals surface area contributed by atoms with Crippen molar-refractivity contribution >= 4 is 16.8 Å². The summed E-state index contributed by atoms with van der Waals surface area (Å²) in [5.74, 6) is 0.818. The molecule has 27 heavy (non-hydrogen) atoms. The van der Waals surface area contributed by atoms with Crippen LogP contribution < -0.4 is 5.32 Å². The highest BCUT2D eigenvalue weighted by atomic mass is 16.4. The fraction of sp³-hybridized carbons (Fsp3) is 0.238. The Kier molecular flexibility index (Phi) is 4.54. The minimum Gasteiger partial charge on any atom is -0.454 e. The van der Waals surface area contributed by atoms with Crippen LogP contribution in [-0.2, 0) is 19.5 Å². The summed E-state index contributed by atoms with van der Waals surface area (Å²) in [5.41, 5.74) is 4.73. The lowest BCUT2D eigenvalue weighted by Gasteiger charge is -2.04. The van der Waals surface area contributed by atoms with E-state index >= 15 is 0 Å². The van der Waals surface area contributed by atoms with E-state index in [1.165, 1.54) is 16.6 Å². The van der Waals surface area contributed by atoms with Crippen LogP contribution in [-0.4, -0.2) is 20.4 Å². The minimum absolute atomic E-state index is 0.216. The molecule has 1 amide bonds. The monoisotopic (exact) mass is 362 g/mol. The number of amides is 1. The van der Waals surface area contributed by atoms with Crippen LogP contribution in [0.25, 0.3) is 10.9 Å². The van der Waals surface area contributed by atoms with Crippen molar-refractivity contribution in [2.45, 2.75) is 33.4 Å². The second-order valence-corrected chi connectivity index (χ2v) is 6.65. The number of imidazole rings is 1. The summed E-state index contributed by atoms with van der Waals surface area (Å²) >= 11 is 0. The van der Waals surface area contributed by atoms with E-state index in [4.69, 9.17) is 4.42 Å². The van der Waals surface area contributed by atoms with Crippen molar-refractivity contribution in [3.63, 3.8) is 0 Å². The number of fused-ring (bicyclic) bond motifs is 1. The molecule has 2 N–H and O–H groups in total. The van der Waals surface area contributed by atoms with Crippen LogP contribution in [0.3, 0.4) is 0 Å². The zero-order valence-electron chi connectivity index (χ0n) is 15.5. The number of aromatic nitrogens is 3. The number of aromatic amines is 1. The fourth-order valence-corrected chi connectivity index (χ4v) is 3.31. The van der Waals surface area contributed by atoms with Gasteiger partial charge in [-0.05, 0) is 48.7 Å². The number of nitrogens with one attached hydrogen (secondary N) is 2. The number of hydrogen-bond acceptors (Lipinski definition) is 3. The van der Waals surface area contributed by atoms with Gasteiger partial charge in [-0.3, -0.25) is 4.79 Å². The van der Waals surface area contributed by atoms with E-state index in [2.05, 4.69) is 41.3 Å². The molecule has 0 bridgehead atoms. The molecule has 0 saturated heterocycles. The number of carbonyl (C=O) groups excluding carboxylic acids is 1. The predicted octanol–water partition coefficient (Wildman–Crippen LogP) is 3.81. The summed E-state index contributed by atoms with van der Waals surface area (Å²) in [4.78, 5) is 19.8. The van der Waals surface area contributed by atoms with Gasteiger partial charge in [0, 0.05) is 35.5 Å². The summed E-state index contributed by atoms with van der Waals surface area (Å²) < 4.78 is 7.54. The van der Waals surface area contributed by atoms with Gasteiger partial charge in [-0.25, -0.2) is 4.98 Å². The molecule has 1 aromatic carbocycles. The van der Waals surface area contributed by atoms with Crippen molar-refractivity contribution in [2.24, 2.45) is 0 Å². The lowest BCUT2D eigenvalue weighted by molar-refractivity contribution is 0.0921. The van der Waals surface area contributed by atoms with Gasteiger partial charge < -0.3 is 19.3 Å². The van der Waals surface area contributed by atoms with E-state index in [9.17, 15) is 4.79 Å². The number of nitrogens with zero attached hydrogens (tertiary/aromatic N) is 2. The molecule has 4 aromatic rings. The van der Waals surface area contributed by atoms with E-state index in [-0.39, 0.29) is 5.91 Å². The molecule has 0 spiro atoms. The van der Waals surface area contributed by atoms with E-state index in [1.54, 1.807) is 18.6 Å². The molecule has 3 aromatic heterocycles. The van der Waals surface area contributed by atoms with Gasteiger partial charge in [-0.15, -0.1) is 0 Å². The van der Waals surface area contributed by atoms with E-state index in [0.29, 0.717) is 18.8 Å². The van der Waals surface area contributed by atoms with Crippen molar-refractivity contribution in [3.05, 3.63) is 77.4 Å². The summed E-state index contributed by atoms with van der Waals surface area (Å²) in [6.45, 7) is 5.28. The second-order valence-electron chi connectivity index (χ2n) is 6.65. The number of hydrogen-bond donors (Lipinski definition) is 2. The average molecular weight is 362 g/mol. The summed E-state index contributed by atoms with van der Waals surface area (Å²) in [7, 11) is 0.